The first-order valence-corrected chi connectivity index (χ1v) is 5.49. The lowest BCUT2D eigenvalue weighted by Gasteiger charge is -2.15. The molecule has 0 rings (SSSR count). The number of nitrogens with two attached hydrogens (primary N) is 1. The van der Waals surface area contributed by atoms with Crippen LogP contribution in [0, 0.1) is 0 Å². The lowest BCUT2D eigenvalue weighted by molar-refractivity contribution is 0.492. The molecule has 0 heterocycles. The summed E-state index contributed by atoms with van der Waals surface area (Å²) in [6.45, 7) is 2.03. The summed E-state index contributed by atoms with van der Waals surface area (Å²) in [7, 11) is -2.44. The van der Waals surface area contributed by atoms with Gasteiger partial charge in [0.1, 0.15) is 5.54 Å². The molecular weight excluding hydrogens is 202 g/mol. The van der Waals surface area contributed by atoms with Gasteiger partial charge in [-0.05, 0) is 6.42 Å². The van der Waals surface area contributed by atoms with Gasteiger partial charge >= 0.3 is 0 Å². The third kappa shape index (κ3) is 5.70. The predicted octanol–water partition coefficient (Wildman–Crippen LogP) is 0.210. The molecule has 0 saturated carbocycles. The highest BCUT2D eigenvalue weighted by Gasteiger charge is 2.21. The Morgan fingerprint density at radius 3 is 2.50 bits per heavy atom. The molecule has 0 bridgehead atoms. The quantitative estimate of drug-likeness (QED) is 0.508. The highest BCUT2D eigenvalue weighted by molar-refractivity contribution is 7.70. The Kier molecular flexibility index (Phi) is 6.12. The molecule has 14 heavy (non-hydrogen) atoms. The summed E-state index contributed by atoms with van der Waals surface area (Å²) >= 11 is 0. The molecule has 1 atom stereocenters. The van der Waals surface area contributed by atoms with Crippen molar-refractivity contribution in [3.05, 3.63) is 6.08 Å². The molecular formula is C9H14NO3S. The summed E-state index contributed by atoms with van der Waals surface area (Å²) in [5, 5.41) is 1.97. The summed E-state index contributed by atoms with van der Waals surface area (Å²) in [5.41, 5.74) is 4.26. The number of unbranched alkanes of at least 4 members (excludes halogenated alkanes) is 2. The predicted molar refractivity (Wildman–Crippen MR) is 55.3 cm³/mol. The average molecular weight is 216 g/mol. The van der Waals surface area contributed by atoms with E-state index in [1.54, 1.807) is 6.29 Å². The molecule has 0 aliphatic heterocycles. The zero-order chi connectivity index (χ0) is 11.0. The standard InChI is InChI=1S/C9H14NO3S/c1-2-3-4-5-9(10,8-11)6-7-14(12)13/h6H,2-5,10H2,1H3. The Morgan fingerprint density at radius 2 is 2.07 bits per heavy atom. The van der Waals surface area contributed by atoms with Crippen molar-refractivity contribution in [2.24, 2.45) is 5.73 Å². The largest absolute Gasteiger partial charge is 0.315 e. The molecule has 0 aliphatic carbocycles. The van der Waals surface area contributed by atoms with E-state index in [0.717, 1.165) is 25.3 Å². The van der Waals surface area contributed by atoms with Crippen LogP contribution in [0.3, 0.4) is 0 Å². The molecule has 0 spiro atoms. The van der Waals surface area contributed by atoms with Gasteiger partial charge in [0.15, 0.2) is 0 Å². The van der Waals surface area contributed by atoms with Crippen molar-refractivity contribution in [3.63, 3.8) is 0 Å². The number of hydrogen-bond acceptors (Lipinski definition) is 4. The molecule has 2 N–H and O–H groups in total. The molecule has 0 amide bonds. The van der Waals surface area contributed by atoms with Crippen molar-refractivity contribution in [3.8, 4) is 0 Å². The van der Waals surface area contributed by atoms with Gasteiger partial charge in [0, 0.05) is 11.1 Å². The zero-order valence-electron chi connectivity index (χ0n) is 8.12. The van der Waals surface area contributed by atoms with Gasteiger partial charge in [-0.15, -0.1) is 0 Å². The van der Waals surface area contributed by atoms with Gasteiger partial charge in [0.2, 0.25) is 6.29 Å². The van der Waals surface area contributed by atoms with Crippen molar-refractivity contribution in [2.75, 3.05) is 0 Å². The van der Waals surface area contributed by atoms with E-state index in [0.29, 0.717) is 6.42 Å². The van der Waals surface area contributed by atoms with Crippen molar-refractivity contribution in [2.45, 2.75) is 38.1 Å². The maximum absolute atomic E-state index is 10.5. The third-order valence-corrected chi connectivity index (χ3v) is 2.11. The minimum atomic E-state index is -2.44. The Hall–Kier alpha value is -0.900. The number of carbonyl (C=O) groups excluding carboxylic acids is 1. The summed E-state index contributed by atoms with van der Waals surface area (Å²) < 4.78 is 20.3. The van der Waals surface area contributed by atoms with Crippen molar-refractivity contribution in [1.82, 2.24) is 0 Å². The van der Waals surface area contributed by atoms with Gasteiger partial charge in [-0.3, -0.25) is 4.79 Å². The van der Waals surface area contributed by atoms with E-state index in [2.05, 4.69) is 0 Å². The Balaban J connectivity index is 4.49. The second-order valence-electron chi connectivity index (χ2n) is 3.10. The smallest absolute Gasteiger partial charge is 0.260 e. The van der Waals surface area contributed by atoms with Gasteiger partial charge in [0.25, 0.3) is 10.3 Å². The van der Waals surface area contributed by atoms with Crippen LogP contribution in [-0.4, -0.2) is 25.3 Å². The van der Waals surface area contributed by atoms with Crippen molar-refractivity contribution < 1.29 is 13.2 Å². The van der Waals surface area contributed by atoms with Gasteiger partial charge in [0.05, 0.1) is 0 Å². The number of hydrogen-bond donors (Lipinski definition) is 1. The average Bonchev–Trinajstić information content (AvgIpc) is 2.15. The molecule has 0 saturated heterocycles. The van der Waals surface area contributed by atoms with Crippen LogP contribution in [0.1, 0.15) is 32.6 Å². The monoisotopic (exact) mass is 216 g/mol. The first kappa shape index (κ1) is 13.1. The zero-order valence-corrected chi connectivity index (χ0v) is 8.93. The second-order valence-corrected chi connectivity index (χ2v) is 3.80. The molecule has 0 aliphatic rings. The summed E-state index contributed by atoms with van der Waals surface area (Å²) in [4.78, 5) is 10.5. The van der Waals surface area contributed by atoms with Gasteiger partial charge in [-0.1, -0.05) is 26.2 Å². The van der Waals surface area contributed by atoms with Crippen LogP contribution < -0.4 is 5.73 Å². The highest BCUT2D eigenvalue weighted by Crippen LogP contribution is 2.10. The fourth-order valence-corrected chi connectivity index (χ4v) is 1.28. The van der Waals surface area contributed by atoms with E-state index in [1.165, 1.54) is 0 Å². The Bertz CT molecular complexity index is 333. The third-order valence-electron chi connectivity index (χ3n) is 1.80. The van der Waals surface area contributed by atoms with Gasteiger partial charge in [-0.25, -0.2) is 0 Å². The van der Waals surface area contributed by atoms with Crippen LogP contribution in [0.4, 0.5) is 0 Å². The first-order chi connectivity index (χ1) is 6.54. The fourth-order valence-electron chi connectivity index (χ4n) is 0.973. The lowest BCUT2D eigenvalue weighted by atomic mass is 9.95. The Labute approximate surface area is 85.3 Å². The normalized spacial score (nSPS) is 13.9. The SMILES string of the molecule is CCCCCC(N)([C]=O)C=C=S(=O)=O. The summed E-state index contributed by atoms with van der Waals surface area (Å²) in [6.07, 6.45) is 5.81. The van der Waals surface area contributed by atoms with E-state index in [1.807, 2.05) is 11.9 Å². The van der Waals surface area contributed by atoms with Gasteiger partial charge in [-0.2, -0.15) is 8.42 Å². The highest BCUT2D eigenvalue weighted by atomic mass is 32.2. The van der Waals surface area contributed by atoms with E-state index in [-0.39, 0.29) is 0 Å². The summed E-state index contributed by atoms with van der Waals surface area (Å²) in [6, 6.07) is 0. The molecule has 1 unspecified atom stereocenters. The van der Waals surface area contributed by atoms with Crippen LogP contribution in [0.5, 0.6) is 0 Å². The van der Waals surface area contributed by atoms with E-state index >= 15 is 0 Å². The van der Waals surface area contributed by atoms with E-state index in [9.17, 15) is 13.2 Å². The molecule has 0 fully saturated rings. The van der Waals surface area contributed by atoms with Crippen LogP contribution in [0.15, 0.2) is 6.08 Å². The molecule has 1 radical (unpaired) electrons. The second kappa shape index (κ2) is 6.54. The van der Waals surface area contributed by atoms with Crippen LogP contribution in [0.2, 0.25) is 0 Å². The van der Waals surface area contributed by atoms with Crippen LogP contribution in [-0.2, 0) is 15.1 Å². The van der Waals surface area contributed by atoms with Crippen molar-refractivity contribution >= 4 is 21.6 Å². The molecule has 0 aromatic heterocycles. The first-order valence-electron chi connectivity index (χ1n) is 4.42. The van der Waals surface area contributed by atoms with Crippen LogP contribution in [0.25, 0.3) is 0 Å². The minimum absolute atomic E-state index is 0.397. The summed E-state index contributed by atoms with van der Waals surface area (Å²) in [5.74, 6) is 0. The lowest BCUT2D eigenvalue weighted by Crippen LogP contribution is -2.39. The van der Waals surface area contributed by atoms with Crippen molar-refractivity contribution in [1.29, 1.82) is 0 Å². The Morgan fingerprint density at radius 1 is 1.43 bits per heavy atom. The molecule has 5 heteroatoms. The minimum Gasteiger partial charge on any atom is -0.315 e. The fraction of sp³-hybridized carbons (Fsp3) is 0.667. The van der Waals surface area contributed by atoms with Crippen LogP contribution >= 0.6 is 0 Å². The molecule has 4 nitrogen and oxygen atoms in total. The maximum atomic E-state index is 10.5. The van der Waals surface area contributed by atoms with E-state index < -0.39 is 15.8 Å². The molecule has 0 aromatic rings. The molecule has 79 valence electrons. The number of rotatable bonds is 6. The molecule has 0 aromatic carbocycles. The topological polar surface area (TPSA) is 77.2 Å². The van der Waals surface area contributed by atoms with E-state index in [4.69, 9.17) is 5.73 Å². The van der Waals surface area contributed by atoms with Gasteiger partial charge < -0.3 is 5.73 Å². The maximum Gasteiger partial charge on any atom is 0.260 e.